The highest BCUT2D eigenvalue weighted by Gasteiger charge is 2.38. The van der Waals surface area contributed by atoms with Gasteiger partial charge in [-0.05, 0) is 0 Å². The Hall–Kier alpha value is -1.84. The smallest absolute Gasteiger partial charge is 0.481 e. The lowest BCUT2D eigenvalue weighted by atomic mass is 10.2. The Labute approximate surface area is 119 Å². The number of aliphatic carboxylic acids is 2. The third-order valence-corrected chi connectivity index (χ3v) is 1.73. The number of carbonyl (C=O) groups excluding carboxylic acids is 1. The second-order valence-corrected chi connectivity index (χ2v) is 5.11. The fraction of sp³-hybridized carbons (Fsp3) is 0.727. The Morgan fingerprint density at radius 3 is 1.71 bits per heavy atom. The van der Waals surface area contributed by atoms with Crippen molar-refractivity contribution >= 4 is 17.9 Å². The van der Waals surface area contributed by atoms with E-state index >= 15 is 0 Å². The topological polar surface area (TPSA) is 101 Å². The number of hydrogen-bond acceptors (Lipinski definition) is 4. The van der Waals surface area contributed by atoms with Crippen LogP contribution in [0.3, 0.4) is 0 Å². The summed E-state index contributed by atoms with van der Waals surface area (Å²) in [5.74, 6) is -4.15. The standard InChI is InChI=1S/C9H17NO4.C2HF3O2/c1-7(11)14-8(5-9(12)13)6-10(2,3)4;3-2(4,5)1(6)7/h8H,5-6H2,1-4H3;(H,6,7)/p+1/t8-;/m1./s1. The van der Waals surface area contributed by atoms with E-state index < -0.39 is 30.2 Å². The van der Waals surface area contributed by atoms with Crippen molar-refractivity contribution in [1.29, 1.82) is 0 Å². The normalized spacial score (nSPS) is 12.7. The van der Waals surface area contributed by atoms with Crippen molar-refractivity contribution in [2.24, 2.45) is 0 Å². The van der Waals surface area contributed by atoms with E-state index in [1.54, 1.807) is 0 Å². The van der Waals surface area contributed by atoms with Crippen molar-refractivity contribution in [1.82, 2.24) is 0 Å². The summed E-state index contributed by atoms with van der Waals surface area (Å²) in [6.45, 7) is 1.77. The number of carboxylic acids is 2. The fourth-order valence-corrected chi connectivity index (χ4v) is 1.18. The van der Waals surface area contributed by atoms with Crippen molar-refractivity contribution in [2.75, 3.05) is 27.7 Å². The van der Waals surface area contributed by atoms with E-state index in [9.17, 15) is 22.8 Å². The molecule has 0 aromatic carbocycles. The molecule has 0 radical (unpaired) electrons. The maximum absolute atomic E-state index is 10.7. The molecule has 0 unspecified atom stereocenters. The summed E-state index contributed by atoms with van der Waals surface area (Å²) < 4.78 is 37.2. The molecule has 0 aliphatic heterocycles. The van der Waals surface area contributed by atoms with Gasteiger partial charge in [0.15, 0.2) is 6.10 Å². The second-order valence-electron chi connectivity index (χ2n) is 5.11. The van der Waals surface area contributed by atoms with Gasteiger partial charge >= 0.3 is 24.1 Å². The Morgan fingerprint density at radius 1 is 1.14 bits per heavy atom. The molecule has 2 N–H and O–H groups in total. The highest BCUT2D eigenvalue weighted by Crippen LogP contribution is 2.13. The summed E-state index contributed by atoms with van der Waals surface area (Å²) in [7, 11) is 5.75. The molecular formula is C11H19F3NO6+. The van der Waals surface area contributed by atoms with Crippen molar-refractivity contribution < 1.29 is 47.0 Å². The van der Waals surface area contributed by atoms with E-state index in [4.69, 9.17) is 19.7 Å². The van der Waals surface area contributed by atoms with Gasteiger partial charge in [-0.2, -0.15) is 13.2 Å². The van der Waals surface area contributed by atoms with Gasteiger partial charge in [0.05, 0.1) is 27.6 Å². The molecule has 124 valence electrons. The molecule has 0 aromatic rings. The molecule has 0 bridgehead atoms. The molecular weight excluding hydrogens is 299 g/mol. The van der Waals surface area contributed by atoms with Crippen LogP contribution in [0.1, 0.15) is 13.3 Å². The molecule has 10 heteroatoms. The van der Waals surface area contributed by atoms with Gasteiger partial charge in [-0.15, -0.1) is 0 Å². The number of halogens is 3. The lowest BCUT2D eigenvalue weighted by molar-refractivity contribution is -0.873. The van der Waals surface area contributed by atoms with Crippen LogP contribution in [-0.4, -0.2) is 72.6 Å². The summed E-state index contributed by atoms with van der Waals surface area (Å²) in [4.78, 5) is 30.1. The lowest BCUT2D eigenvalue weighted by Crippen LogP contribution is -2.43. The first-order valence-corrected chi connectivity index (χ1v) is 5.64. The highest BCUT2D eigenvalue weighted by atomic mass is 19.4. The quantitative estimate of drug-likeness (QED) is 0.572. The van der Waals surface area contributed by atoms with Crippen LogP contribution in [0, 0.1) is 0 Å². The van der Waals surface area contributed by atoms with Gasteiger partial charge < -0.3 is 19.4 Å². The molecule has 0 aliphatic rings. The Bertz CT molecular complexity index is 359. The number of quaternary nitrogens is 1. The number of carboxylic acid groups (broad SMARTS) is 2. The molecule has 0 rings (SSSR count). The number of alkyl halides is 3. The average molecular weight is 318 g/mol. The summed E-state index contributed by atoms with van der Waals surface area (Å²) >= 11 is 0. The number of ether oxygens (including phenoxy) is 1. The first kappa shape index (κ1) is 21.5. The Morgan fingerprint density at radius 2 is 1.52 bits per heavy atom. The lowest BCUT2D eigenvalue weighted by Gasteiger charge is -2.28. The first-order chi connectivity index (χ1) is 9.15. The summed E-state index contributed by atoms with van der Waals surface area (Å²) in [5, 5.41) is 15.7. The summed E-state index contributed by atoms with van der Waals surface area (Å²) in [6, 6.07) is 0. The zero-order valence-electron chi connectivity index (χ0n) is 12.1. The van der Waals surface area contributed by atoms with E-state index in [0.29, 0.717) is 11.0 Å². The van der Waals surface area contributed by atoms with Crippen LogP contribution in [0.2, 0.25) is 0 Å². The van der Waals surface area contributed by atoms with Gasteiger partial charge in [0.1, 0.15) is 6.54 Å². The zero-order valence-corrected chi connectivity index (χ0v) is 12.1. The van der Waals surface area contributed by atoms with Gasteiger partial charge in [-0.25, -0.2) is 4.79 Å². The number of hydrogen-bond donors (Lipinski definition) is 2. The number of nitrogens with zero attached hydrogens (tertiary/aromatic N) is 1. The molecule has 1 atom stereocenters. The molecule has 0 saturated heterocycles. The van der Waals surface area contributed by atoms with Crippen molar-refractivity contribution in [3.63, 3.8) is 0 Å². The number of esters is 1. The van der Waals surface area contributed by atoms with Gasteiger partial charge in [-0.3, -0.25) is 9.59 Å². The minimum Gasteiger partial charge on any atom is -0.481 e. The van der Waals surface area contributed by atoms with Crippen molar-refractivity contribution in [3.05, 3.63) is 0 Å². The molecule has 0 spiro atoms. The summed E-state index contributed by atoms with van der Waals surface area (Å²) in [6.07, 6.45) is -5.78. The van der Waals surface area contributed by atoms with Crippen molar-refractivity contribution in [3.8, 4) is 0 Å². The van der Waals surface area contributed by atoms with Gasteiger partial charge in [0.2, 0.25) is 0 Å². The van der Waals surface area contributed by atoms with Crippen LogP contribution < -0.4 is 0 Å². The van der Waals surface area contributed by atoms with Gasteiger partial charge in [0.25, 0.3) is 0 Å². The predicted octanol–water partition coefficient (Wildman–Crippen LogP) is 0.732. The van der Waals surface area contributed by atoms with Crippen molar-refractivity contribution in [2.45, 2.75) is 25.6 Å². The fourth-order valence-electron chi connectivity index (χ4n) is 1.18. The van der Waals surface area contributed by atoms with E-state index in [1.165, 1.54) is 6.92 Å². The maximum Gasteiger partial charge on any atom is 0.490 e. The maximum atomic E-state index is 10.7. The highest BCUT2D eigenvalue weighted by molar-refractivity contribution is 5.73. The number of likely N-dealkylation sites (N-methyl/N-ethyl adjacent to an activating group) is 1. The number of rotatable bonds is 5. The second kappa shape index (κ2) is 8.45. The van der Waals surface area contributed by atoms with Crippen LogP contribution >= 0.6 is 0 Å². The third-order valence-electron chi connectivity index (χ3n) is 1.73. The molecule has 0 saturated carbocycles. The minimum absolute atomic E-state index is 0.144. The van der Waals surface area contributed by atoms with E-state index in [0.717, 1.165) is 0 Å². The third kappa shape index (κ3) is 16.1. The van der Waals surface area contributed by atoms with Crippen LogP contribution in [0.5, 0.6) is 0 Å². The minimum atomic E-state index is -5.08. The first-order valence-electron chi connectivity index (χ1n) is 5.64. The van der Waals surface area contributed by atoms with Gasteiger partial charge in [0, 0.05) is 6.92 Å². The molecule has 21 heavy (non-hydrogen) atoms. The van der Waals surface area contributed by atoms with E-state index in [1.807, 2.05) is 21.1 Å². The molecule has 0 heterocycles. The van der Waals surface area contributed by atoms with E-state index in [2.05, 4.69) is 0 Å². The zero-order chi connectivity index (χ0) is 17.4. The van der Waals surface area contributed by atoms with E-state index in [-0.39, 0.29) is 6.42 Å². The molecule has 0 amide bonds. The van der Waals surface area contributed by atoms with Gasteiger partial charge in [-0.1, -0.05) is 0 Å². The largest absolute Gasteiger partial charge is 0.490 e. The Balaban J connectivity index is 0. The van der Waals surface area contributed by atoms with Crippen LogP contribution in [0.4, 0.5) is 13.2 Å². The Kier molecular flexibility index (Phi) is 8.63. The SMILES string of the molecule is CC(=O)O[C@H](CC(=O)O)C[N+](C)(C)C.O=C(O)C(F)(F)F. The number of carbonyl (C=O) groups is 3. The predicted molar refractivity (Wildman–Crippen MR) is 64.4 cm³/mol. The summed E-state index contributed by atoms with van der Waals surface area (Å²) in [5.41, 5.74) is 0. The molecule has 0 aliphatic carbocycles. The molecule has 0 fully saturated rings. The van der Waals surface area contributed by atoms with Crippen LogP contribution in [0.15, 0.2) is 0 Å². The molecule has 0 aromatic heterocycles. The monoisotopic (exact) mass is 318 g/mol. The van der Waals surface area contributed by atoms with Crippen LogP contribution in [0.25, 0.3) is 0 Å². The average Bonchev–Trinajstić information content (AvgIpc) is 2.10. The van der Waals surface area contributed by atoms with Crippen LogP contribution in [-0.2, 0) is 19.1 Å². The molecule has 7 nitrogen and oxygen atoms in total.